The molecule has 1 aliphatic rings. The van der Waals surface area contributed by atoms with E-state index >= 15 is 0 Å². The van der Waals surface area contributed by atoms with Crippen molar-refractivity contribution in [2.45, 2.75) is 25.9 Å². The lowest BCUT2D eigenvalue weighted by atomic mass is 10.1. The summed E-state index contributed by atoms with van der Waals surface area (Å²) in [6.45, 7) is 3.46. The summed E-state index contributed by atoms with van der Waals surface area (Å²) in [7, 11) is 1.49. The van der Waals surface area contributed by atoms with E-state index in [9.17, 15) is 9.59 Å². The Bertz CT molecular complexity index is 458. The smallest absolute Gasteiger partial charge is 0.321 e. The zero-order chi connectivity index (χ0) is 13.1. The highest BCUT2D eigenvalue weighted by Gasteiger charge is 2.26. The van der Waals surface area contributed by atoms with Gasteiger partial charge in [0.15, 0.2) is 0 Å². The zero-order valence-electron chi connectivity index (χ0n) is 10.5. The molecule has 2 heterocycles. The predicted molar refractivity (Wildman–Crippen MR) is 70.5 cm³/mol. The number of rotatable bonds is 2. The van der Waals surface area contributed by atoms with Gasteiger partial charge < -0.3 is 5.32 Å². The third-order valence-electron chi connectivity index (χ3n) is 3.23. The van der Waals surface area contributed by atoms with Gasteiger partial charge in [0.2, 0.25) is 5.91 Å². The lowest BCUT2D eigenvalue weighted by Gasteiger charge is -2.31. The Morgan fingerprint density at radius 3 is 3.00 bits per heavy atom. The molecule has 98 valence electrons. The highest BCUT2D eigenvalue weighted by Crippen LogP contribution is 2.25. The average Bonchev–Trinajstić information content (AvgIpc) is 2.84. The van der Waals surface area contributed by atoms with Crippen molar-refractivity contribution >= 4 is 23.3 Å². The number of carbonyl (C=O) groups is 2. The summed E-state index contributed by atoms with van der Waals surface area (Å²) in [5.74, 6) is -0.256. The molecule has 6 heteroatoms. The quantitative estimate of drug-likeness (QED) is 0.838. The van der Waals surface area contributed by atoms with Gasteiger partial charge in [-0.1, -0.05) is 0 Å². The van der Waals surface area contributed by atoms with E-state index in [-0.39, 0.29) is 11.9 Å². The van der Waals surface area contributed by atoms with E-state index < -0.39 is 6.03 Å². The van der Waals surface area contributed by atoms with E-state index in [1.54, 1.807) is 11.3 Å². The van der Waals surface area contributed by atoms with Crippen molar-refractivity contribution in [1.82, 2.24) is 15.5 Å². The van der Waals surface area contributed by atoms with E-state index in [1.165, 1.54) is 17.5 Å². The van der Waals surface area contributed by atoms with Crippen molar-refractivity contribution in [3.63, 3.8) is 0 Å². The molecule has 0 bridgehead atoms. The molecule has 0 radical (unpaired) electrons. The van der Waals surface area contributed by atoms with Gasteiger partial charge in [0.1, 0.15) is 0 Å². The fourth-order valence-corrected chi connectivity index (χ4v) is 2.94. The summed E-state index contributed by atoms with van der Waals surface area (Å²) in [4.78, 5) is 26.5. The van der Waals surface area contributed by atoms with Gasteiger partial charge in [-0.05, 0) is 30.4 Å². The molecule has 0 spiro atoms. The standard InChI is InChI=1S/C12H17N3O2S/c1-8(11(16)14-12(17)13-2)15-5-3-10-9(7-15)4-6-18-10/h4,6,8H,3,5,7H2,1-2H3,(H2,13,14,16,17). The van der Waals surface area contributed by atoms with Crippen molar-refractivity contribution in [2.75, 3.05) is 13.6 Å². The second-order valence-electron chi connectivity index (χ2n) is 4.33. The number of nitrogens with zero attached hydrogens (tertiary/aromatic N) is 1. The second-order valence-corrected chi connectivity index (χ2v) is 5.33. The maximum Gasteiger partial charge on any atom is 0.321 e. The molecule has 2 N–H and O–H groups in total. The first-order valence-electron chi connectivity index (χ1n) is 5.93. The molecule has 0 saturated heterocycles. The molecule has 1 atom stereocenters. The minimum Gasteiger partial charge on any atom is -0.341 e. The van der Waals surface area contributed by atoms with Crippen LogP contribution < -0.4 is 10.6 Å². The van der Waals surface area contributed by atoms with Crippen molar-refractivity contribution < 1.29 is 9.59 Å². The molecular weight excluding hydrogens is 250 g/mol. The average molecular weight is 267 g/mol. The van der Waals surface area contributed by atoms with Crippen molar-refractivity contribution in [1.29, 1.82) is 0 Å². The lowest BCUT2D eigenvalue weighted by Crippen LogP contribution is -2.50. The number of thiophene rings is 1. The van der Waals surface area contributed by atoms with Crippen LogP contribution in [0.15, 0.2) is 11.4 Å². The molecule has 0 saturated carbocycles. The predicted octanol–water partition coefficient (Wildman–Crippen LogP) is 0.950. The highest BCUT2D eigenvalue weighted by atomic mass is 32.1. The van der Waals surface area contributed by atoms with E-state index in [1.807, 2.05) is 6.92 Å². The Morgan fingerprint density at radius 2 is 2.28 bits per heavy atom. The molecular formula is C12H17N3O2S. The number of urea groups is 1. The van der Waals surface area contributed by atoms with Gasteiger partial charge in [-0.15, -0.1) is 11.3 Å². The van der Waals surface area contributed by atoms with Gasteiger partial charge in [0.05, 0.1) is 6.04 Å². The van der Waals surface area contributed by atoms with Crippen LogP contribution in [0.2, 0.25) is 0 Å². The number of carbonyl (C=O) groups excluding carboxylic acids is 2. The van der Waals surface area contributed by atoms with E-state index in [0.717, 1.165) is 19.5 Å². The van der Waals surface area contributed by atoms with Gasteiger partial charge in [0.25, 0.3) is 0 Å². The van der Waals surface area contributed by atoms with Crippen molar-refractivity contribution in [3.8, 4) is 0 Å². The Balaban J connectivity index is 1.96. The molecule has 5 nitrogen and oxygen atoms in total. The molecule has 18 heavy (non-hydrogen) atoms. The van der Waals surface area contributed by atoms with Crippen LogP contribution in [0.25, 0.3) is 0 Å². The van der Waals surface area contributed by atoms with E-state index in [4.69, 9.17) is 0 Å². The fraction of sp³-hybridized carbons (Fsp3) is 0.500. The molecule has 0 aliphatic carbocycles. The second kappa shape index (κ2) is 5.49. The lowest BCUT2D eigenvalue weighted by molar-refractivity contribution is -0.125. The molecule has 0 fully saturated rings. The summed E-state index contributed by atoms with van der Waals surface area (Å²) < 4.78 is 0. The highest BCUT2D eigenvalue weighted by molar-refractivity contribution is 7.10. The summed E-state index contributed by atoms with van der Waals surface area (Å²) in [5.41, 5.74) is 1.30. The van der Waals surface area contributed by atoms with Crippen molar-refractivity contribution in [2.24, 2.45) is 0 Å². The first-order valence-corrected chi connectivity index (χ1v) is 6.81. The molecule has 0 aromatic carbocycles. The SMILES string of the molecule is CNC(=O)NC(=O)C(C)N1CCc2sccc2C1. The number of hydrogen-bond acceptors (Lipinski definition) is 4. The van der Waals surface area contributed by atoms with Gasteiger partial charge in [0, 0.05) is 25.0 Å². The number of nitrogens with one attached hydrogen (secondary N) is 2. The summed E-state index contributed by atoms with van der Waals surface area (Å²) >= 11 is 1.77. The van der Waals surface area contributed by atoms with Crippen LogP contribution in [0, 0.1) is 0 Å². The number of imide groups is 1. The number of amides is 3. The Labute approximate surface area is 110 Å². The van der Waals surface area contributed by atoms with Crippen molar-refractivity contribution in [3.05, 3.63) is 21.9 Å². The largest absolute Gasteiger partial charge is 0.341 e. The minimum atomic E-state index is -0.458. The molecule has 3 amide bonds. The van der Waals surface area contributed by atoms with Gasteiger partial charge in [-0.3, -0.25) is 15.0 Å². The molecule has 2 rings (SSSR count). The van der Waals surface area contributed by atoms with Crippen LogP contribution in [0.3, 0.4) is 0 Å². The normalized spacial score (nSPS) is 16.8. The Kier molecular flexibility index (Phi) is 3.98. The topological polar surface area (TPSA) is 61.4 Å². The molecule has 1 aliphatic heterocycles. The third-order valence-corrected chi connectivity index (χ3v) is 4.25. The van der Waals surface area contributed by atoms with Crippen LogP contribution in [-0.2, 0) is 17.8 Å². The maximum absolute atomic E-state index is 11.9. The fourth-order valence-electron chi connectivity index (χ4n) is 2.05. The summed E-state index contributed by atoms with van der Waals surface area (Å²) in [6.07, 6.45) is 0.977. The monoisotopic (exact) mass is 267 g/mol. The van der Waals surface area contributed by atoms with Crippen LogP contribution >= 0.6 is 11.3 Å². The van der Waals surface area contributed by atoms with E-state index in [0.29, 0.717) is 0 Å². The first-order chi connectivity index (χ1) is 8.61. The van der Waals surface area contributed by atoms with Crippen LogP contribution in [0.5, 0.6) is 0 Å². The maximum atomic E-state index is 11.9. The summed E-state index contributed by atoms with van der Waals surface area (Å²) in [6, 6.07) is 1.35. The van der Waals surface area contributed by atoms with Crippen LogP contribution in [-0.4, -0.2) is 36.5 Å². The minimum absolute atomic E-state index is 0.256. The number of hydrogen-bond donors (Lipinski definition) is 2. The molecule has 1 unspecified atom stereocenters. The van der Waals surface area contributed by atoms with E-state index in [2.05, 4.69) is 27.0 Å². The Morgan fingerprint density at radius 1 is 1.50 bits per heavy atom. The molecule has 1 aromatic rings. The summed E-state index contributed by atoms with van der Waals surface area (Å²) in [5, 5.41) is 6.78. The Hall–Kier alpha value is -1.40. The van der Waals surface area contributed by atoms with Crippen LogP contribution in [0.1, 0.15) is 17.4 Å². The van der Waals surface area contributed by atoms with Gasteiger partial charge >= 0.3 is 6.03 Å². The third kappa shape index (κ3) is 2.70. The van der Waals surface area contributed by atoms with Gasteiger partial charge in [-0.2, -0.15) is 0 Å². The zero-order valence-corrected chi connectivity index (χ0v) is 11.3. The van der Waals surface area contributed by atoms with Crippen LogP contribution in [0.4, 0.5) is 4.79 Å². The van der Waals surface area contributed by atoms with Gasteiger partial charge in [-0.25, -0.2) is 4.79 Å². The number of fused-ring (bicyclic) bond motifs is 1. The first kappa shape index (κ1) is 13.0. The molecule has 1 aromatic heterocycles.